The van der Waals surface area contributed by atoms with Gasteiger partial charge in [-0.2, -0.15) is 0 Å². The van der Waals surface area contributed by atoms with Crippen LogP contribution in [0.5, 0.6) is 0 Å². The van der Waals surface area contributed by atoms with Gasteiger partial charge in [-0.25, -0.2) is 5.11 Å². The smallest absolute Gasteiger partial charge is 0.0949 e. The van der Waals surface area contributed by atoms with Crippen molar-refractivity contribution in [2.75, 3.05) is 33.9 Å². The lowest BCUT2D eigenvalue weighted by Gasteiger charge is -2.28. The van der Waals surface area contributed by atoms with E-state index in [0.717, 1.165) is 6.54 Å². The van der Waals surface area contributed by atoms with Gasteiger partial charge in [-0.15, -0.1) is 0 Å². The average Bonchev–Trinajstić information content (AvgIpc) is 1.87. The maximum Gasteiger partial charge on any atom is 0.0949 e. The highest BCUT2D eigenvalue weighted by Gasteiger charge is 2.18. The standard InChI is InChI=1S/C8H18NO2/c1-8(2,11-4)7-9(3)5-6-10/h5-7H2,1-4H3. The van der Waals surface area contributed by atoms with E-state index in [1.165, 1.54) is 0 Å². The van der Waals surface area contributed by atoms with Crippen molar-refractivity contribution in [2.24, 2.45) is 0 Å². The highest BCUT2D eigenvalue weighted by atomic mass is 16.5. The Morgan fingerprint density at radius 2 is 2.00 bits per heavy atom. The summed E-state index contributed by atoms with van der Waals surface area (Å²) in [5.74, 6) is 0. The molecule has 0 spiro atoms. The number of rotatable bonds is 5. The fourth-order valence-corrected chi connectivity index (χ4v) is 0.949. The van der Waals surface area contributed by atoms with E-state index in [1.54, 1.807) is 7.11 Å². The van der Waals surface area contributed by atoms with Crippen LogP contribution in [0.1, 0.15) is 13.8 Å². The Hall–Kier alpha value is -0.120. The second kappa shape index (κ2) is 4.70. The second-order valence-corrected chi connectivity index (χ2v) is 3.41. The molecule has 0 aromatic carbocycles. The molecule has 11 heavy (non-hydrogen) atoms. The van der Waals surface area contributed by atoms with Crippen molar-refractivity contribution in [3.05, 3.63) is 0 Å². The third-order valence-corrected chi connectivity index (χ3v) is 1.68. The SMILES string of the molecule is COC(C)(C)CN(C)CC[O]. The lowest BCUT2D eigenvalue weighted by Crippen LogP contribution is -2.39. The van der Waals surface area contributed by atoms with Crippen molar-refractivity contribution in [1.82, 2.24) is 4.90 Å². The number of hydrogen-bond acceptors (Lipinski definition) is 2. The predicted octanol–water partition coefficient (Wildman–Crippen LogP) is 0.774. The van der Waals surface area contributed by atoms with E-state index in [0.29, 0.717) is 6.54 Å². The van der Waals surface area contributed by atoms with Gasteiger partial charge in [-0.05, 0) is 20.9 Å². The molecule has 0 atom stereocenters. The Balaban J connectivity index is 3.64. The Morgan fingerprint density at radius 1 is 1.45 bits per heavy atom. The fraction of sp³-hybridized carbons (Fsp3) is 1.00. The molecule has 0 aliphatic rings. The normalized spacial score (nSPS) is 12.5. The van der Waals surface area contributed by atoms with Gasteiger partial charge in [-0.3, -0.25) is 0 Å². The van der Waals surface area contributed by atoms with Crippen LogP contribution in [0.15, 0.2) is 0 Å². The molecule has 1 radical (unpaired) electrons. The van der Waals surface area contributed by atoms with Crippen molar-refractivity contribution in [2.45, 2.75) is 19.4 Å². The number of methoxy groups -OCH3 is 1. The van der Waals surface area contributed by atoms with Gasteiger partial charge in [0.05, 0.1) is 12.2 Å². The summed E-state index contributed by atoms with van der Waals surface area (Å²) in [5, 5.41) is 10.2. The second-order valence-electron chi connectivity index (χ2n) is 3.41. The zero-order valence-electron chi connectivity index (χ0n) is 7.89. The number of likely N-dealkylation sites (N-methyl/N-ethyl adjacent to an activating group) is 1. The van der Waals surface area contributed by atoms with E-state index < -0.39 is 0 Å². The summed E-state index contributed by atoms with van der Waals surface area (Å²) in [4.78, 5) is 1.98. The van der Waals surface area contributed by atoms with Gasteiger partial charge in [0.15, 0.2) is 0 Å². The van der Waals surface area contributed by atoms with Crippen molar-refractivity contribution >= 4 is 0 Å². The van der Waals surface area contributed by atoms with E-state index in [1.807, 2.05) is 25.8 Å². The first kappa shape index (κ1) is 10.9. The van der Waals surface area contributed by atoms with Crippen molar-refractivity contribution in [1.29, 1.82) is 0 Å². The largest absolute Gasteiger partial charge is 0.377 e. The Morgan fingerprint density at radius 3 is 2.36 bits per heavy atom. The number of hydrogen-bond donors (Lipinski definition) is 0. The van der Waals surface area contributed by atoms with Crippen LogP contribution in [-0.4, -0.2) is 44.4 Å². The van der Waals surface area contributed by atoms with Crippen molar-refractivity contribution < 1.29 is 9.84 Å². The zero-order valence-corrected chi connectivity index (χ0v) is 7.89. The van der Waals surface area contributed by atoms with Crippen molar-refractivity contribution in [3.63, 3.8) is 0 Å². The van der Waals surface area contributed by atoms with Crippen LogP contribution in [0.4, 0.5) is 0 Å². The highest BCUT2D eigenvalue weighted by molar-refractivity contribution is 4.71. The predicted molar refractivity (Wildman–Crippen MR) is 44.1 cm³/mol. The maximum absolute atomic E-state index is 10.2. The topological polar surface area (TPSA) is 32.4 Å². The zero-order chi connectivity index (χ0) is 8.91. The highest BCUT2D eigenvalue weighted by Crippen LogP contribution is 2.08. The lowest BCUT2D eigenvalue weighted by atomic mass is 10.1. The van der Waals surface area contributed by atoms with Crippen LogP contribution in [0.3, 0.4) is 0 Å². The van der Waals surface area contributed by atoms with Gasteiger partial charge in [0.25, 0.3) is 0 Å². The first-order chi connectivity index (χ1) is 5.02. The van der Waals surface area contributed by atoms with Crippen LogP contribution in [0, 0.1) is 0 Å². The first-order valence-corrected chi connectivity index (χ1v) is 3.83. The average molecular weight is 160 g/mol. The van der Waals surface area contributed by atoms with Gasteiger partial charge in [-0.1, -0.05) is 0 Å². The number of nitrogens with zero attached hydrogens (tertiary/aromatic N) is 1. The first-order valence-electron chi connectivity index (χ1n) is 3.83. The summed E-state index contributed by atoms with van der Waals surface area (Å²) in [7, 11) is 3.61. The van der Waals surface area contributed by atoms with E-state index >= 15 is 0 Å². The minimum atomic E-state index is -0.149. The molecular weight excluding hydrogens is 142 g/mol. The summed E-state index contributed by atoms with van der Waals surface area (Å²) in [6.07, 6.45) is 0. The molecule has 0 fully saturated rings. The third-order valence-electron chi connectivity index (χ3n) is 1.68. The molecular formula is C8H18NO2. The molecule has 0 saturated carbocycles. The molecule has 0 aliphatic carbocycles. The van der Waals surface area contributed by atoms with Gasteiger partial charge in [0, 0.05) is 20.2 Å². The third kappa shape index (κ3) is 5.18. The summed E-state index contributed by atoms with van der Waals surface area (Å²) >= 11 is 0. The van der Waals surface area contributed by atoms with Crippen LogP contribution >= 0.6 is 0 Å². The summed E-state index contributed by atoms with van der Waals surface area (Å²) in [5.41, 5.74) is -0.149. The molecule has 0 amide bonds. The molecule has 0 aliphatic heterocycles. The van der Waals surface area contributed by atoms with E-state index in [4.69, 9.17) is 4.74 Å². The van der Waals surface area contributed by atoms with E-state index in [-0.39, 0.29) is 12.2 Å². The lowest BCUT2D eigenvalue weighted by molar-refractivity contribution is -0.00636. The molecule has 3 heteroatoms. The van der Waals surface area contributed by atoms with Gasteiger partial charge >= 0.3 is 0 Å². The van der Waals surface area contributed by atoms with Crippen LogP contribution in [-0.2, 0) is 9.84 Å². The van der Waals surface area contributed by atoms with Gasteiger partial charge in [0.2, 0.25) is 0 Å². The molecule has 0 heterocycles. The van der Waals surface area contributed by atoms with Gasteiger partial charge < -0.3 is 9.64 Å². The van der Waals surface area contributed by atoms with Crippen LogP contribution in [0.2, 0.25) is 0 Å². The van der Waals surface area contributed by atoms with Gasteiger partial charge in [0.1, 0.15) is 0 Å². The van der Waals surface area contributed by atoms with Crippen molar-refractivity contribution in [3.8, 4) is 0 Å². The number of ether oxygens (including phenoxy) is 1. The molecule has 0 aromatic rings. The molecule has 67 valence electrons. The molecule has 0 aromatic heterocycles. The summed E-state index contributed by atoms with van der Waals surface area (Å²) in [6.45, 7) is 5.36. The quantitative estimate of drug-likeness (QED) is 0.595. The molecule has 0 rings (SSSR count). The monoisotopic (exact) mass is 160 g/mol. The Labute approximate surface area is 69.0 Å². The molecule has 0 unspecified atom stereocenters. The Bertz CT molecular complexity index is 104. The minimum absolute atomic E-state index is 0.0453. The molecule has 0 N–H and O–H groups in total. The molecule has 0 bridgehead atoms. The molecule has 3 nitrogen and oxygen atoms in total. The molecule has 0 saturated heterocycles. The summed E-state index contributed by atoms with van der Waals surface area (Å²) in [6, 6.07) is 0. The van der Waals surface area contributed by atoms with Crippen LogP contribution in [0.25, 0.3) is 0 Å². The fourth-order valence-electron chi connectivity index (χ4n) is 0.949. The van der Waals surface area contributed by atoms with E-state index in [9.17, 15) is 5.11 Å². The minimum Gasteiger partial charge on any atom is -0.377 e. The maximum atomic E-state index is 10.2. The van der Waals surface area contributed by atoms with Crippen LogP contribution < -0.4 is 0 Å². The Kier molecular flexibility index (Phi) is 4.65. The summed E-state index contributed by atoms with van der Waals surface area (Å²) < 4.78 is 5.21. The van der Waals surface area contributed by atoms with E-state index in [2.05, 4.69) is 0 Å².